The first-order valence-electron chi connectivity index (χ1n) is 9.32. The summed E-state index contributed by atoms with van der Waals surface area (Å²) in [4.78, 5) is -0.256. The molecule has 0 aliphatic carbocycles. The number of alkyl halides is 1. The van der Waals surface area contributed by atoms with E-state index in [0.29, 0.717) is 0 Å². The monoisotopic (exact) mass is 358 g/mol. The Kier molecular flexibility index (Phi) is 13.0. The van der Waals surface area contributed by atoms with Crippen LogP contribution in [0, 0.1) is 0 Å². The van der Waals surface area contributed by atoms with Gasteiger partial charge in [0.25, 0.3) is 0 Å². The van der Waals surface area contributed by atoms with Crippen LogP contribution in [0.4, 0.5) is 0 Å². The van der Waals surface area contributed by atoms with E-state index in [1.807, 2.05) is 0 Å². The van der Waals surface area contributed by atoms with E-state index in [1.54, 1.807) is 0 Å². The van der Waals surface area contributed by atoms with Gasteiger partial charge in [0, 0.05) is 0 Å². The van der Waals surface area contributed by atoms with Crippen LogP contribution >= 0.6 is 24.0 Å². The molecule has 0 saturated heterocycles. The first-order chi connectivity index (χ1) is 10.5. The van der Waals surface area contributed by atoms with Crippen molar-refractivity contribution in [2.45, 2.75) is 96.3 Å². The van der Waals surface area contributed by atoms with Crippen LogP contribution in [0.1, 0.15) is 96.1 Å². The zero-order chi connectivity index (χ0) is 16.3. The second-order valence-electron chi connectivity index (χ2n) is 7.10. The van der Waals surface area contributed by atoms with Crippen LogP contribution in [0.15, 0.2) is 24.3 Å². The van der Waals surface area contributed by atoms with E-state index < -0.39 is 0 Å². The van der Waals surface area contributed by atoms with Gasteiger partial charge in [0.1, 0.15) is 0 Å². The van der Waals surface area contributed by atoms with Crippen molar-refractivity contribution in [1.82, 2.24) is 0 Å². The normalized spacial score (nSPS) is 11.3. The Bertz CT molecular complexity index is 393. The first kappa shape index (κ1) is 22.8. The topological polar surface area (TPSA) is 0 Å². The maximum atomic E-state index is 6.39. The van der Waals surface area contributed by atoms with Gasteiger partial charge in [-0.2, -0.15) is 0 Å². The Hall–Kier alpha value is -0.200. The van der Waals surface area contributed by atoms with Gasteiger partial charge in [-0.25, -0.2) is 0 Å². The minimum Gasteiger partial charge on any atom is -0.147 e. The fraction of sp³-hybridized carbons (Fsp3) is 0.714. The highest BCUT2D eigenvalue weighted by atomic mass is 35.5. The van der Waals surface area contributed by atoms with E-state index in [-0.39, 0.29) is 17.3 Å². The molecule has 0 atom stereocenters. The van der Waals surface area contributed by atoms with Crippen molar-refractivity contribution in [3.05, 3.63) is 35.4 Å². The second-order valence-corrected chi connectivity index (χ2v) is 8.05. The average molecular weight is 359 g/mol. The zero-order valence-electron chi connectivity index (χ0n) is 15.4. The summed E-state index contributed by atoms with van der Waals surface area (Å²) >= 11 is 6.39. The quantitative estimate of drug-likeness (QED) is 0.262. The van der Waals surface area contributed by atoms with E-state index in [0.717, 1.165) is 0 Å². The standard InChI is InChI=1S/C21H35Cl.ClH/c1-4-5-6-7-8-9-10-11-12-13-15-19-16-14-17-20(18-19)21(2,3)22;/h14,16-18H,4-13,15H2,1-3H3;1H. The van der Waals surface area contributed by atoms with Gasteiger partial charge in [0.05, 0.1) is 4.87 Å². The number of rotatable bonds is 12. The number of hydrogen-bond acceptors (Lipinski definition) is 0. The molecule has 0 spiro atoms. The third-order valence-corrected chi connectivity index (χ3v) is 4.65. The molecular weight excluding hydrogens is 323 g/mol. The Balaban J connectivity index is 0.00000484. The molecular formula is C21H36Cl2. The number of unbranched alkanes of at least 4 members (excludes halogenated alkanes) is 9. The van der Waals surface area contributed by atoms with Crippen molar-refractivity contribution >= 4 is 24.0 Å². The summed E-state index contributed by atoms with van der Waals surface area (Å²) in [7, 11) is 0. The minimum atomic E-state index is -0.256. The molecule has 2 heteroatoms. The van der Waals surface area contributed by atoms with Crippen molar-refractivity contribution in [1.29, 1.82) is 0 Å². The van der Waals surface area contributed by atoms with E-state index in [4.69, 9.17) is 11.6 Å². The van der Waals surface area contributed by atoms with Crippen LogP contribution in [0.3, 0.4) is 0 Å². The predicted octanol–water partition coefficient (Wildman–Crippen LogP) is 8.05. The Morgan fingerprint density at radius 1 is 0.826 bits per heavy atom. The molecule has 0 bridgehead atoms. The molecule has 1 aromatic carbocycles. The molecule has 0 heterocycles. The molecule has 134 valence electrons. The maximum Gasteiger partial charge on any atom is 0.0638 e. The molecule has 0 aliphatic heterocycles. The Morgan fingerprint density at radius 2 is 1.35 bits per heavy atom. The molecule has 0 fully saturated rings. The van der Waals surface area contributed by atoms with Crippen LogP contribution < -0.4 is 0 Å². The Morgan fingerprint density at radius 3 is 1.87 bits per heavy atom. The number of halogens is 2. The van der Waals surface area contributed by atoms with Crippen LogP contribution in [-0.2, 0) is 11.3 Å². The molecule has 0 aliphatic rings. The van der Waals surface area contributed by atoms with Gasteiger partial charge in [-0.3, -0.25) is 0 Å². The third-order valence-electron chi connectivity index (χ3n) is 4.43. The van der Waals surface area contributed by atoms with Crippen molar-refractivity contribution < 1.29 is 0 Å². The highest BCUT2D eigenvalue weighted by Crippen LogP contribution is 2.28. The summed E-state index contributed by atoms with van der Waals surface area (Å²) < 4.78 is 0. The molecule has 0 aromatic heterocycles. The van der Waals surface area contributed by atoms with Crippen molar-refractivity contribution in [2.24, 2.45) is 0 Å². The summed E-state index contributed by atoms with van der Waals surface area (Å²) in [6.45, 7) is 6.41. The minimum absolute atomic E-state index is 0. The lowest BCUT2D eigenvalue weighted by Gasteiger charge is -2.17. The second kappa shape index (κ2) is 13.1. The fourth-order valence-electron chi connectivity index (χ4n) is 2.91. The molecule has 0 radical (unpaired) electrons. The average Bonchev–Trinajstić information content (AvgIpc) is 2.49. The highest BCUT2D eigenvalue weighted by molar-refractivity contribution is 6.23. The molecule has 1 aromatic rings. The number of benzene rings is 1. The van der Waals surface area contributed by atoms with Gasteiger partial charge >= 0.3 is 0 Å². The number of hydrogen-bond donors (Lipinski definition) is 0. The van der Waals surface area contributed by atoms with Crippen molar-refractivity contribution in [3.8, 4) is 0 Å². The summed E-state index contributed by atoms with van der Waals surface area (Å²) in [5.41, 5.74) is 2.67. The van der Waals surface area contributed by atoms with Crippen molar-refractivity contribution in [2.75, 3.05) is 0 Å². The van der Waals surface area contributed by atoms with E-state index in [2.05, 4.69) is 45.0 Å². The largest absolute Gasteiger partial charge is 0.147 e. The van der Waals surface area contributed by atoms with E-state index >= 15 is 0 Å². The van der Waals surface area contributed by atoms with E-state index in [9.17, 15) is 0 Å². The number of aryl methyl sites for hydroxylation is 1. The van der Waals surface area contributed by atoms with Crippen LogP contribution in [0.25, 0.3) is 0 Å². The lowest BCUT2D eigenvalue weighted by molar-refractivity contribution is 0.556. The Labute approximate surface area is 155 Å². The molecule has 0 amide bonds. The van der Waals surface area contributed by atoms with Crippen LogP contribution in [0.5, 0.6) is 0 Å². The summed E-state index contributed by atoms with van der Waals surface area (Å²) in [6, 6.07) is 8.79. The van der Waals surface area contributed by atoms with Crippen molar-refractivity contribution in [3.63, 3.8) is 0 Å². The lowest BCUT2D eigenvalue weighted by atomic mass is 9.97. The van der Waals surface area contributed by atoms with Gasteiger partial charge in [0.2, 0.25) is 0 Å². The fourth-order valence-corrected chi connectivity index (χ4v) is 3.03. The smallest absolute Gasteiger partial charge is 0.0638 e. The summed E-state index contributed by atoms with van der Waals surface area (Å²) in [5, 5.41) is 0. The third kappa shape index (κ3) is 11.1. The molecule has 0 saturated carbocycles. The molecule has 1 rings (SSSR count). The van der Waals surface area contributed by atoms with Gasteiger partial charge in [-0.15, -0.1) is 24.0 Å². The van der Waals surface area contributed by atoms with Crippen LogP contribution in [0.2, 0.25) is 0 Å². The summed E-state index contributed by atoms with van der Waals surface area (Å²) in [6.07, 6.45) is 15.2. The van der Waals surface area contributed by atoms with Crippen LogP contribution in [-0.4, -0.2) is 0 Å². The molecule has 0 N–H and O–H groups in total. The van der Waals surface area contributed by atoms with Gasteiger partial charge in [0.15, 0.2) is 0 Å². The molecule has 23 heavy (non-hydrogen) atoms. The van der Waals surface area contributed by atoms with Gasteiger partial charge < -0.3 is 0 Å². The molecule has 0 unspecified atom stereocenters. The van der Waals surface area contributed by atoms with Gasteiger partial charge in [-0.05, 0) is 37.8 Å². The summed E-state index contributed by atoms with van der Waals surface area (Å²) in [5.74, 6) is 0. The SMILES string of the molecule is CCCCCCCCCCCCc1cccc(C(C)(C)Cl)c1.Cl. The predicted molar refractivity (Wildman–Crippen MR) is 108 cm³/mol. The lowest BCUT2D eigenvalue weighted by Crippen LogP contribution is -2.07. The van der Waals surface area contributed by atoms with Gasteiger partial charge in [-0.1, -0.05) is 89.0 Å². The maximum absolute atomic E-state index is 6.39. The first-order valence-corrected chi connectivity index (χ1v) is 9.70. The molecule has 0 nitrogen and oxygen atoms in total. The zero-order valence-corrected chi connectivity index (χ0v) is 16.9. The highest BCUT2D eigenvalue weighted by Gasteiger charge is 2.16. The van der Waals surface area contributed by atoms with E-state index in [1.165, 1.54) is 81.8 Å².